The molecule has 3 nitrogen and oxygen atoms in total. The monoisotopic (exact) mass is 307 g/mol. The van der Waals surface area contributed by atoms with E-state index in [1.54, 1.807) is 13.8 Å². The molecule has 1 aliphatic rings. The Morgan fingerprint density at radius 3 is 2.55 bits per heavy atom. The predicted octanol–water partition coefficient (Wildman–Crippen LogP) is 3.93. The summed E-state index contributed by atoms with van der Waals surface area (Å²) >= 11 is 0. The predicted molar refractivity (Wildman–Crippen MR) is 84.9 cm³/mol. The molecule has 0 radical (unpaired) electrons. The van der Waals surface area contributed by atoms with Crippen molar-refractivity contribution in [2.75, 3.05) is 6.61 Å². The van der Waals surface area contributed by atoms with Crippen molar-refractivity contribution in [2.24, 2.45) is 5.92 Å². The van der Waals surface area contributed by atoms with E-state index in [1.165, 1.54) is 0 Å². The van der Waals surface area contributed by atoms with Gasteiger partial charge in [-0.2, -0.15) is 0 Å². The third-order valence-corrected chi connectivity index (χ3v) is 4.39. The van der Waals surface area contributed by atoms with E-state index in [1.807, 2.05) is 35.2 Å². The van der Waals surface area contributed by atoms with Gasteiger partial charge in [-0.3, -0.25) is 9.69 Å². The number of ether oxygens (including phenoxy) is 1. The Kier molecular flexibility index (Phi) is 6.37. The van der Waals surface area contributed by atoms with Crippen LogP contribution in [0.2, 0.25) is 0 Å². The molecular weight excluding hydrogens is 281 g/mol. The largest absolute Gasteiger partial charge is 0.466 e. The van der Waals surface area contributed by atoms with E-state index in [9.17, 15) is 9.18 Å². The second-order valence-corrected chi connectivity index (χ2v) is 6.01. The molecule has 0 amide bonds. The van der Waals surface area contributed by atoms with E-state index in [4.69, 9.17) is 4.74 Å². The summed E-state index contributed by atoms with van der Waals surface area (Å²) in [6.07, 6.45) is 2.97. The summed E-state index contributed by atoms with van der Waals surface area (Å²) in [7, 11) is 0. The zero-order valence-electron chi connectivity index (χ0n) is 13.5. The highest BCUT2D eigenvalue weighted by Gasteiger charge is 2.35. The second-order valence-electron chi connectivity index (χ2n) is 6.01. The highest BCUT2D eigenvalue weighted by molar-refractivity contribution is 5.72. The number of halogens is 1. The molecule has 1 fully saturated rings. The van der Waals surface area contributed by atoms with Crippen molar-refractivity contribution in [1.29, 1.82) is 0 Å². The fraction of sp³-hybridized carbons (Fsp3) is 0.611. The van der Waals surface area contributed by atoms with Crippen LogP contribution in [0.5, 0.6) is 0 Å². The van der Waals surface area contributed by atoms with Crippen LogP contribution in [-0.4, -0.2) is 29.8 Å². The summed E-state index contributed by atoms with van der Waals surface area (Å²) in [5.74, 6) is -1.21. The van der Waals surface area contributed by atoms with Crippen molar-refractivity contribution in [3.8, 4) is 0 Å². The van der Waals surface area contributed by atoms with Gasteiger partial charge in [0.25, 0.3) is 0 Å². The minimum Gasteiger partial charge on any atom is -0.466 e. The zero-order valence-corrected chi connectivity index (χ0v) is 13.5. The molecule has 0 spiro atoms. The first-order valence-corrected chi connectivity index (χ1v) is 8.23. The van der Waals surface area contributed by atoms with Crippen molar-refractivity contribution < 1.29 is 13.9 Å². The van der Waals surface area contributed by atoms with Gasteiger partial charge in [0, 0.05) is 12.6 Å². The standard InChI is InChI=1S/C18H26FNO2/c1-3-22-18(21)14(2)17(19)20(16-11-7-8-12-16)13-15-9-5-4-6-10-15/h4-6,9-10,14,16-17H,3,7-8,11-13H2,1-2H3. The van der Waals surface area contributed by atoms with E-state index >= 15 is 0 Å². The van der Waals surface area contributed by atoms with Crippen LogP contribution in [0.1, 0.15) is 45.1 Å². The third-order valence-electron chi connectivity index (χ3n) is 4.39. The summed E-state index contributed by atoms with van der Waals surface area (Å²) in [6.45, 7) is 4.20. The maximum atomic E-state index is 15.0. The third kappa shape index (κ3) is 4.29. The maximum absolute atomic E-state index is 15.0. The number of carbonyl (C=O) groups is 1. The van der Waals surface area contributed by atoms with Gasteiger partial charge in [0.2, 0.25) is 0 Å². The second kappa shape index (κ2) is 8.28. The average molecular weight is 307 g/mol. The Bertz CT molecular complexity index is 459. The topological polar surface area (TPSA) is 29.5 Å². The molecule has 1 aliphatic carbocycles. The summed E-state index contributed by atoms with van der Waals surface area (Å²) < 4.78 is 20.0. The molecule has 0 saturated heterocycles. The van der Waals surface area contributed by atoms with Crippen LogP contribution < -0.4 is 0 Å². The minimum absolute atomic E-state index is 0.215. The van der Waals surface area contributed by atoms with Gasteiger partial charge in [0.1, 0.15) is 0 Å². The normalized spacial score (nSPS) is 18.4. The van der Waals surface area contributed by atoms with E-state index in [-0.39, 0.29) is 12.6 Å². The highest BCUT2D eigenvalue weighted by atomic mass is 19.1. The number of hydrogen-bond donors (Lipinski definition) is 0. The number of nitrogens with zero attached hydrogens (tertiary/aromatic N) is 1. The summed E-state index contributed by atoms with van der Waals surface area (Å²) in [4.78, 5) is 13.7. The molecular formula is C18H26FNO2. The van der Waals surface area contributed by atoms with Gasteiger partial charge in [-0.15, -0.1) is 0 Å². The summed E-state index contributed by atoms with van der Waals surface area (Å²) in [5.41, 5.74) is 1.08. The van der Waals surface area contributed by atoms with Crippen LogP contribution in [0.25, 0.3) is 0 Å². The highest BCUT2D eigenvalue weighted by Crippen LogP contribution is 2.29. The molecule has 4 heteroatoms. The molecule has 2 atom stereocenters. The number of esters is 1. The number of carbonyl (C=O) groups excluding carboxylic acids is 1. The number of alkyl halides is 1. The van der Waals surface area contributed by atoms with Crippen molar-refractivity contribution in [3.63, 3.8) is 0 Å². The summed E-state index contributed by atoms with van der Waals surface area (Å²) in [5, 5.41) is 0. The molecule has 0 heterocycles. The molecule has 0 aliphatic heterocycles. The van der Waals surface area contributed by atoms with Crippen LogP contribution in [0.15, 0.2) is 30.3 Å². The Labute approximate surface area is 132 Å². The summed E-state index contributed by atoms with van der Waals surface area (Å²) in [6, 6.07) is 10.1. The molecule has 0 N–H and O–H groups in total. The van der Waals surface area contributed by atoms with Gasteiger partial charge in [0.15, 0.2) is 6.30 Å². The number of hydrogen-bond acceptors (Lipinski definition) is 3. The Balaban J connectivity index is 2.11. The molecule has 2 rings (SSSR count). The fourth-order valence-corrected chi connectivity index (χ4v) is 3.12. The first kappa shape index (κ1) is 16.9. The minimum atomic E-state index is -1.30. The van der Waals surface area contributed by atoms with E-state index < -0.39 is 18.2 Å². The molecule has 1 saturated carbocycles. The van der Waals surface area contributed by atoms with Crippen molar-refractivity contribution >= 4 is 5.97 Å². The first-order valence-electron chi connectivity index (χ1n) is 8.23. The van der Waals surface area contributed by atoms with Crippen LogP contribution >= 0.6 is 0 Å². The maximum Gasteiger partial charge on any atom is 0.313 e. The Hall–Kier alpha value is -1.42. The lowest BCUT2D eigenvalue weighted by Gasteiger charge is -2.34. The van der Waals surface area contributed by atoms with E-state index in [0.29, 0.717) is 6.54 Å². The quantitative estimate of drug-likeness (QED) is 0.565. The van der Waals surface area contributed by atoms with Crippen molar-refractivity contribution in [1.82, 2.24) is 4.90 Å². The lowest BCUT2D eigenvalue weighted by atomic mass is 10.1. The van der Waals surface area contributed by atoms with Gasteiger partial charge in [-0.25, -0.2) is 4.39 Å². The van der Waals surface area contributed by atoms with Crippen LogP contribution in [0.3, 0.4) is 0 Å². The van der Waals surface area contributed by atoms with Crippen molar-refractivity contribution in [2.45, 2.75) is 58.4 Å². The number of rotatable bonds is 7. The van der Waals surface area contributed by atoms with Gasteiger partial charge in [0.05, 0.1) is 12.5 Å². The lowest BCUT2D eigenvalue weighted by Crippen LogP contribution is -2.44. The molecule has 22 heavy (non-hydrogen) atoms. The number of benzene rings is 1. The SMILES string of the molecule is CCOC(=O)C(C)C(F)N(Cc1ccccc1)C1CCCC1. The molecule has 2 unspecified atom stereocenters. The zero-order chi connectivity index (χ0) is 15.9. The van der Waals surface area contributed by atoms with Crippen LogP contribution in [0.4, 0.5) is 4.39 Å². The Morgan fingerprint density at radius 2 is 1.95 bits per heavy atom. The average Bonchev–Trinajstić information content (AvgIpc) is 3.06. The fourth-order valence-electron chi connectivity index (χ4n) is 3.12. The van der Waals surface area contributed by atoms with Gasteiger partial charge < -0.3 is 4.74 Å². The molecule has 122 valence electrons. The Morgan fingerprint density at radius 1 is 1.32 bits per heavy atom. The smallest absolute Gasteiger partial charge is 0.313 e. The van der Waals surface area contributed by atoms with E-state index in [2.05, 4.69) is 0 Å². The first-order chi connectivity index (χ1) is 10.6. The molecule has 0 bridgehead atoms. The van der Waals surface area contributed by atoms with E-state index in [0.717, 1.165) is 31.2 Å². The van der Waals surface area contributed by atoms with Crippen LogP contribution in [-0.2, 0) is 16.1 Å². The lowest BCUT2D eigenvalue weighted by molar-refractivity contribution is -0.154. The van der Waals surface area contributed by atoms with Crippen LogP contribution in [0, 0.1) is 5.92 Å². The molecule has 1 aromatic carbocycles. The van der Waals surface area contributed by atoms with Gasteiger partial charge >= 0.3 is 5.97 Å². The van der Waals surface area contributed by atoms with Gasteiger partial charge in [-0.05, 0) is 32.3 Å². The van der Waals surface area contributed by atoms with Gasteiger partial charge in [-0.1, -0.05) is 43.2 Å². The van der Waals surface area contributed by atoms with Crippen molar-refractivity contribution in [3.05, 3.63) is 35.9 Å². The molecule has 1 aromatic rings. The molecule has 0 aromatic heterocycles.